The van der Waals surface area contributed by atoms with Crippen LogP contribution in [0.5, 0.6) is 5.75 Å². The van der Waals surface area contributed by atoms with Gasteiger partial charge in [0.05, 0.1) is 16.7 Å². The van der Waals surface area contributed by atoms with Crippen LogP contribution in [0.15, 0.2) is 48.5 Å². The zero-order valence-electron chi connectivity index (χ0n) is 10.9. The number of rotatable bonds is 4. The van der Waals surface area contributed by atoms with E-state index in [0.29, 0.717) is 16.9 Å². The maximum Gasteiger partial charge on any atom is 0.279 e. The highest BCUT2D eigenvalue weighted by Gasteiger charge is 2.22. The molecule has 0 aliphatic rings. The van der Waals surface area contributed by atoms with Gasteiger partial charge in [-0.1, -0.05) is 41.9 Å². The van der Waals surface area contributed by atoms with Crippen molar-refractivity contribution < 1.29 is 9.53 Å². The van der Waals surface area contributed by atoms with Crippen LogP contribution in [0.4, 0.5) is 0 Å². The average Bonchev–Trinajstić information content (AvgIpc) is 2.53. The fourth-order valence-corrected chi connectivity index (χ4v) is 1.99. The van der Waals surface area contributed by atoms with Crippen LogP contribution in [0.25, 0.3) is 0 Å². The molecule has 0 aliphatic carbocycles. The van der Waals surface area contributed by atoms with Crippen LogP contribution in [0.3, 0.4) is 0 Å². The van der Waals surface area contributed by atoms with E-state index in [1.165, 1.54) is 6.07 Å². The molecule has 0 radical (unpaired) electrons. The minimum atomic E-state index is -0.929. The first-order chi connectivity index (χ1) is 10.2. The Morgan fingerprint density at radius 3 is 2.57 bits per heavy atom. The molecule has 0 spiro atoms. The first-order valence-corrected chi connectivity index (χ1v) is 6.45. The van der Waals surface area contributed by atoms with Gasteiger partial charge in [-0.05, 0) is 18.2 Å². The van der Waals surface area contributed by atoms with Crippen molar-refractivity contribution in [3.05, 3.63) is 64.7 Å². The maximum atomic E-state index is 11.9. The van der Waals surface area contributed by atoms with Crippen LogP contribution >= 0.6 is 11.6 Å². The van der Waals surface area contributed by atoms with Crippen LogP contribution in [-0.4, -0.2) is 5.91 Å². The standard InChI is InChI=1S/C15H12ClN3O2/c16-12-8-10(9-17)6-7-13(12)21-14(15(20)19-18)11-4-2-1-3-5-11/h1-8,14H,18H2,(H,19,20). The molecule has 5 nitrogen and oxygen atoms in total. The van der Waals surface area contributed by atoms with Gasteiger partial charge in [-0.2, -0.15) is 5.26 Å². The normalized spacial score (nSPS) is 11.3. The fourth-order valence-electron chi connectivity index (χ4n) is 1.77. The van der Waals surface area contributed by atoms with E-state index < -0.39 is 12.0 Å². The molecule has 106 valence electrons. The molecule has 0 bridgehead atoms. The fraction of sp³-hybridized carbons (Fsp3) is 0.0667. The van der Waals surface area contributed by atoms with Gasteiger partial charge in [0.15, 0.2) is 0 Å². The third-order valence-electron chi connectivity index (χ3n) is 2.79. The van der Waals surface area contributed by atoms with E-state index in [2.05, 4.69) is 5.43 Å². The third-order valence-corrected chi connectivity index (χ3v) is 3.08. The molecule has 2 aromatic rings. The highest BCUT2D eigenvalue weighted by atomic mass is 35.5. The van der Waals surface area contributed by atoms with E-state index in [1.807, 2.05) is 12.1 Å². The number of carbonyl (C=O) groups excluding carboxylic acids is 1. The van der Waals surface area contributed by atoms with E-state index >= 15 is 0 Å². The van der Waals surface area contributed by atoms with E-state index in [-0.39, 0.29) is 5.02 Å². The van der Waals surface area contributed by atoms with Crippen molar-refractivity contribution in [1.29, 1.82) is 5.26 Å². The molecule has 0 aliphatic heterocycles. The molecule has 1 unspecified atom stereocenters. The topological polar surface area (TPSA) is 88.1 Å². The van der Waals surface area contributed by atoms with Gasteiger partial charge in [-0.15, -0.1) is 0 Å². The van der Waals surface area contributed by atoms with Gasteiger partial charge < -0.3 is 4.74 Å². The maximum absolute atomic E-state index is 11.9. The van der Waals surface area contributed by atoms with Crippen LogP contribution in [0.1, 0.15) is 17.2 Å². The SMILES string of the molecule is N#Cc1ccc(OC(C(=O)NN)c2ccccc2)c(Cl)c1. The number of nitriles is 1. The van der Waals surface area contributed by atoms with Gasteiger partial charge in [-0.25, -0.2) is 5.84 Å². The number of amides is 1. The summed E-state index contributed by atoms with van der Waals surface area (Å²) in [4.78, 5) is 11.9. The monoisotopic (exact) mass is 301 g/mol. The molecule has 2 rings (SSSR count). The number of carbonyl (C=O) groups is 1. The Balaban J connectivity index is 2.32. The summed E-state index contributed by atoms with van der Waals surface area (Å²) in [6, 6.07) is 15.4. The average molecular weight is 302 g/mol. The largest absolute Gasteiger partial charge is 0.474 e. The molecule has 0 fully saturated rings. The molecule has 1 atom stereocenters. The summed E-state index contributed by atoms with van der Waals surface area (Å²) in [6.07, 6.45) is -0.929. The molecule has 0 aromatic heterocycles. The lowest BCUT2D eigenvalue weighted by Gasteiger charge is -2.18. The molecular formula is C15H12ClN3O2. The lowest BCUT2D eigenvalue weighted by atomic mass is 10.1. The molecule has 0 saturated carbocycles. The third kappa shape index (κ3) is 3.51. The summed E-state index contributed by atoms with van der Waals surface area (Å²) in [5.41, 5.74) is 3.12. The Labute approximate surface area is 126 Å². The van der Waals surface area contributed by atoms with Crippen molar-refractivity contribution in [2.75, 3.05) is 0 Å². The minimum Gasteiger partial charge on any atom is -0.474 e. The molecule has 6 heteroatoms. The summed E-state index contributed by atoms with van der Waals surface area (Å²) in [5.74, 6) is 4.99. The second-order valence-electron chi connectivity index (χ2n) is 4.17. The molecular weight excluding hydrogens is 290 g/mol. The molecule has 0 heterocycles. The van der Waals surface area contributed by atoms with Gasteiger partial charge in [0.25, 0.3) is 5.91 Å². The van der Waals surface area contributed by atoms with Gasteiger partial charge in [0, 0.05) is 5.56 Å². The zero-order valence-corrected chi connectivity index (χ0v) is 11.7. The Morgan fingerprint density at radius 2 is 2.00 bits per heavy atom. The van der Waals surface area contributed by atoms with E-state index in [1.54, 1.807) is 36.4 Å². The minimum absolute atomic E-state index is 0.250. The molecule has 1 amide bonds. The van der Waals surface area contributed by atoms with Crippen molar-refractivity contribution in [3.63, 3.8) is 0 Å². The summed E-state index contributed by atoms with van der Waals surface area (Å²) in [6.45, 7) is 0. The predicted molar refractivity (Wildman–Crippen MR) is 78.3 cm³/mol. The molecule has 0 saturated heterocycles. The number of halogens is 1. The number of ether oxygens (including phenoxy) is 1. The van der Waals surface area contributed by atoms with Crippen molar-refractivity contribution in [2.24, 2.45) is 5.84 Å². The summed E-state index contributed by atoms with van der Waals surface area (Å²) >= 11 is 6.05. The van der Waals surface area contributed by atoms with E-state index in [4.69, 9.17) is 27.4 Å². The van der Waals surface area contributed by atoms with Crippen LogP contribution < -0.4 is 16.0 Å². The lowest BCUT2D eigenvalue weighted by molar-refractivity contribution is -0.128. The number of hydrazine groups is 1. The lowest BCUT2D eigenvalue weighted by Crippen LogP contribution is -2.37. The summed E-state index contributed by atoms with van der Waals surface area (Å²) in [5, 5.41) is 9.06. The van der Waals surface area contributed by atoms with Gasteiger partial charge >= 0.3 is 0 Å². The second-order valence-corrected chi connectivity index (χ2v) is 4.58. The smallest absolute Gasteiger partial charge is 0.279 e. The quantitative estimate of drug-likeness (QED) is 0.515. The van der Waals surface area contributed by atoms with Gasteiger partial charge in [0.2, 0.25) is 6.10 Å². The molecule has 2 aromatic carbocycles. The van der Waals surface area contributed by atoms with Crippen LogP contribution in [-0.2, 0) is 4.79 Å². The van der Waals surface area contributed by atoms with E-state index in [0.717, 1.165) is 0 Å². The predicted octanol–water partition coefficient (Wildman–Crippen LogP) is 2.32. The first kappa shape index (κ1) is 14.9. The van der Waals surface area contributed by atoms with Crippen molar-refractivity contribution in [1.82, 2.24) is 5.43 Å². The van der Waals surface area contributed by atoms with Crippen molar-refractivity contribution in [2.45, 2.75) is 6.10 Å². The second kappa shape index (κ2) is 6.75. The number of nitrogens with zero attached hydrogens (tertiary/aromatic N) is 1. The number of hydrogen-bond acceptors (Lipinski definition) is 4. The Morgan fingerprint density at radius 1 is 1.29 bits per heavy atom. The van der Waals surface area contributed by atoms with E-state index in [9.17, 15) is 4.79 Å². The van der Waals surface area contributed by atoms with Crippen molar-refractivity contribution >= 4 is 17.5 Å². The number of nitrogens with one attached hydrogen (secondary N) is 1. The first-order valence-electron chi connectivity index (χ1n) is 6.07. The summed E-state index contributed by atoms with van der Waals surface area (Å²) < 4.78 is 5.65. The van der Waals surface area contributed by atoms with Gasteiger partial charge in [0.1, 0.15) is 5.75 Å². The highest BCUT2D eigenvalue weighted by Crippen LogP contribution is 2.30. The molecule has 21 heavy (non-hydrogen) atoms. The van der Waals surface area contributed by atoms with Crippen LogP contribution in [0, 0.1) is 11.3 Å². The van der Waals surface area contributed by atoms with Crippen molar-refractivity contribution in [3.8, 4) is 11.8 Å². The van der Waals surface area contributed by atoms with Crippen LogP contribution in [0.2, 0.25) is 5.02 Å². The number of hydrogen-bond donors (Lipinski definition) is 2. The Hall–Kier alpha value is -2.55. The Kier molecular flexibility index (Phi) is 4.77. The summed E-state index contributed by atoms with van der Waals surface area (Å²) in [7, 11) is 0. The molecule has 3 N–H and O–H groups in total. The van der Waals surface area contributed by atoms with Gasteiger partial charge in [-0.3, -0.25) is 10.2 Å². The number of nitrogens with two attached hydrogens (primary N) is 1. The zero-order chi connectivity index (χ0) is 15.2. The highest BCUT2D eigenvalue weighted by molar-refractivity contribution is 6.32. The number of benzene rings is 2. The Bertz CT molecular complexity index is 683.